The van der Waals surface area contributed by atoms with Crippen molar-refractivity contribution in [2.75, 3.05) is 6.61 Å². The van der Waals surface area contributed by atoms with Crippen LogP contribution in [0.15, 0.2) is 12.2 Å². The molecule has 0 aromatic heterocycles. The van der Waals surface area contributed by atoms with Gasteiger partial charge in [-0.05, 0) is 12.8 Å². The summed E-state index contributed by atoms with van der Waals surface area (Å²) < 4.78 is 19.5. The fraction of sp³-hybridized carbons (Fsp3) is 0.667. The number of hydrogen-bond donors (Lipinski definition) is 0. The number of rotatable bonds is 4. The summed E-state index contributed by atoms with van der Waals surface area (Å²) >= 11 is 17.0. The molecular formula is C18H22Cl3NO8. The number of carbonyl (C=O) groups excluding carboxylic acids is 4. The van der Waals surface area contributed by atoms with Crippen LogP contribution in [0.4, 0.5) is 4.79 Å². The fourth-order valence-electron chi connectivity index (χ4n) is 3.64. The minimum Gasteiger partial charge on any atom is -0.456 e. The Bertz CT molecular complexity index is 687. The molecule has 1 amide bonds. The third-order valence-electron chi connectivity index (χ3n) is 4.52. The number of esters is 3. The van der Waals surface area contributed by atoms with E-state index in [1.54, 1.807) is 12.2 Å². The van der Waals surface area contributed by atoms with Crippen molar-refractivity contribution >= 4 is 58.8 Å². The lowest BCUT2D eigenvalue weighted by Crippen LogP contribution is -2.69. The molecule has 9 nitrogen and oxygen atoms in total. The number of alkyl halides is 3. The average molecular weight is 487 g/mol. The number of amides is 1. The van der Waals surface area contributed by atoms with Gasteiger partial charge >= 0.3 is 24.0 Å². The number of piperidine rings is 1. The second-order valence-corrected chi connectivity index (χ2v) is 9.39. The maximum atomic E-state index is 12.9. The maximum Gasteiger partial charge on any atom is 0.410 e. The lowest BCUT2D eigenvalue weighted by atomic mass is 9.86. The van der Waals surface area contributed by atoms with Crippen LogP contribution in [0, 0.1) is 0 Å². The van der Waals surface area contributed by atoms with Crippen LogP contribution in [0.3, 0.4) is 0 Å². The molecule has 12 heteroatoms. The van der Waals surface area contributed by atoms with Crippen molar-refractivity contribution in [3.8, 4) is 0 Å². The predicted molar refractivity (Wildman–Crippen MR) is 106 cm³/mol. The summed E-state index contributed by atoms with van der Waals surface area (Å²) in [5, 5.41) is 0. The average Bonchev–Trinajstić information content (AvgIpc) is 2.78. The van der Waals surface area contributed by atoms with Gasteiger partial charge in [0, 0.05) is 20.8 Å². The van der Waals surface area contributed by atoms with Crippen LogP contribution < -0.4 is 0 Å². The Balaban J connectivity index is 2.48. The van der Waals surface area contributed by atoms with Crippen LogP contribution >= 0.6 is 34.8 Å². The van der Waals surface area contributed by atoms with Gasteiger partial charge in [0.15, 0.2) is 18.3 Å². The van der Waals surface area contributed by atoms with Gasteiger partial charge in [-0.3, -0.25) is 19.3 Å². The summed E-state index contributed by atoms with van der Waals surface area (Å²) in [6.45, 7) is 3.01. The SMILES string of the molecule is CC(=O)OC1[C@@H](OC(C)=O)[C@@H]2CC=CC[C@H]([C@H]1OC(C)=O)N2C(=O)OCC(Cl)(Cl)Cl. The molecule has 2 aliphatic rings. The minimum absolute atomic E-state index is 0.266. The van der Waals surface area contributed by atoms with Gasteiger partial charge in [0.05, 0.1) is 12.1 Å². The largest absolute Gasteiger partial charge is 0.456 e. The van der Waals surface area contributed by atoms with Gasteiger partial charge in [0.25, 0.3) is 0 Å². The van der Waals surface area contributed by atoms with Gasteiger partial charge in [0.1, 0.15) is 6.61 Å². The maximum absolute atomic E-state index is 12.9. The number of ether oxygens (including phenoxy) is 4. The van der Waals surface area contributed by atoms with Crippen LogP contribution in [0.5, 0.6) is 0 Å². The van der Waals surface area contributed by atoms with Crippen molar-refractivity contribution in [2.45, 2.75) is 67.8 Å². The number of fused-ring (bicyclic) bond motifs is 2. The molecule has 1 saturated heterocycles. The Hall–Kier alpha value is -1.71. The molecule has 0 aromatic carbocycles. The van der Waals surface area contributed by atoms with Crippen LogP contribution in [-0.4, -0.2) is 69.7 Å². The first-order valence-electron chi connectivity index (χ1n) is 9.09. The van der Waals surface area contributed by atoms with Crippen molar-refractivity contribution in [2.24, 2.45) is 0 Å². The highest BCUT2D eigenvalue weighted by molar-refractivity contribution is 6.67. The second kappa shape index (κ2) is 10.1. The van der Waals surface area contributed by atoms with E-state index in [0.29, 0.717) is 0 Å². The molecule has 2 aliphatic heterocycles. The van der Waals surface area contributed by atoms with E-state index in [-0.39, 0.29) is 12.8 Å². The first-order valence-corrected chi connectivity index (χ1v) is 10.2. The molecule has 0 spiro atoms. The standard InChI is InChI=1S/C18H22Cl3NO8/c1-9(23)28-14-12-6-4-5-7-13(22(12)17(26)27-8-18(19,20)21)15(29-10(2)24)16(14)30-11(3)25/h4-5,12-16H,6-8H2,1-3H3/t12-,13+,14-,15+,16?. The molecule has 2 bridgehead atoms. The number of carbonyl (C=O) groups is 4. The van der Waals surface area contributed by atoms with Gasteiger partial charge in [-0.2, -0.15) is 0 Å². The molecule has 0 aromatic rings. The lowest BCUT2D eigenvalue weighted by Gasteiger charge is -2.50. The normalized spacial score (nSPS) is 28.2. The van der Waals surface area contributed by atoms with Crippen molar-refractivity contribution < 1.29 is 38.1 Å². The Morgan fingerprint density at radius 3 is 1.60 bits per heavy atom. The molecule has 2 heterocycles. The van der Waals surface area contributed by atoms with E-state index >= 15 is 0 Å². The third-order valence-corrected chi connectivity index (χ3v) is 4.85. The number of halogens is 3. The molecule has 168 valence electrons. The summed E-state index contributed by atoms with van der Waals surface area (Å²) in [5.41, 5.74) is 0. The van der Waals surface area contributed by atoms with E-state index in [1.165, 1.54) is 25.7 Å². The van der Waals surface area contributed by atoms with Crippen LogP contribution in [-0.2, 0) is 33.3 Å². The monoisotopic (exact) mass is 485 g/mol. The Kier molecular flexibility index (Phi) is 8.24. The Labute approximate surface area is 188 Å². The van der Waals surface area contributed by atoms with Crippen LogP contribution in [0.1, 0.15) is 33.6 Å². The van der Waals surface area contributed by atoms with E-state index < -0.39 is 64.8 Å². The topological polar surface area (TPSA) is 108 Å². The van der Waals surface area contributed by atoms with Crippen molar-refractivity contribution in [3.05, 3.63) is 12.2 Å². The second-order valence-electron chi connectivity index (χ2n) is 6.88. The van der Waals surface area contributed by atoms with E-state index in [4.69, 9.17) is 53.8 Å². The molecule has 5 atom stereocenters. The van der Waals surface area contributed by atoms with Gasteiger partial charge in [-0.25, -0.2) is 4.79 Å². The summed E-state index contributed by atoms with van der Waals surface area (Å²) in [6, 6.07) is -1.53. The van der Waals surface area contributed by atoms with Crippen LogP contribution in [0.25, 0.3) is 0 Å². The van der Waals surface area contributed by atoms with E-state index in [0.717, 1.165) is 0 Å². The molecule has 0 radical (unpaired) electrons. The Morgan fingerprint density at radius 1 is 0.833 bits per heavy atom. The molecule has 1 unspecified atom stereocenters. The van der Waals surface area contributed by atoms with Gasteiger partial charge in [0.2, 0.25) is 3.79 Å². The van der Waals surface area contributed by atoms with Crippen molar-refractivity contribution in [1.29, 1.82) is 0 Å². The molecule has 0 aliphatic carbocycles. The quantitative estimate of drug-likeness (QED) is 0.258. The highest BCUT2D eigenvalue weighted by Gasteiger charge is 2.56. The zero-order chi connectivity index (χ0) is 22.6. The van der Waals surface area contributed by atoms with E-state index in [1.807, 2.05) is 0 Å². The number of nitrogens with zero attached hydrogens (tertiary/aromatic N) is 1. The van der Waals surface area contributed by atoms with Gasteiger partial charge in [-0.15, -0.1) is 0 Å². The summed E-state index contributed by atoms with van der Waals surface area (Å²) in [5.74, 6) is -1.99. The summed E-state index contributed by atoms with van der Waals surface area (Å²) in [7, 11) is 0. The number of hydrogen-bond acceptors (Lipinski definition) is 8. The van der Waals surface area contributed by atoms with Crippen molar-refractivity contribution in [3.63, 3.8) is 0 Å². The first kappa shape index (κ1) is 24.6. The zero-order valence-electron chi connectivity index (χ0n) is 16.5. The van der Waals surface area contributed by atoms with Crippen LogP contribution in [0.2, 0.25) is 0 Å². The van der Waals surface area contributed by atoms with E-state index in [9.17, 15) is 19.2 Å². The molecule has 1 fully saturated rings. The fourth-order valence-corrected chi connectivity index (χ4v) is 3.81. The van der Waals surface area contributed by atoms with Gasteiger partial charge < -0.3 is 18.9 Å². The molecule has 0 N–H and O–H groups in total. The smallest absolute Gasteiger partial charge is 0.410 e. The molecule has 0 saturated carbocycles. The minimum atomic E-state index is -1.83. The van der Waals surface area contributed by atoms with Gasteiger partial charge in [-0.1, -0.05) is 47.0 Å². The molecule has 30 heavy (non-hydrogen) atoms. The molecular weight excluding hydrogens is 465 g/mol. The lowest BCUT2D eigenvalue weighted by molar-refractivity contribution is -0.210. The Morgan fingerprint density at radius 2 is 1.23 bits per heavy atom. The highest BCUT2D eigenvalue weighted by Crippen LogP contribution is 2.37. The highest BCUT2D eigenvalue weighted by atomic mass is 35.6. The van der Waals surface area contributed by atoms with Crippen molar-refractivity contribution in [1.82, 2.24) is 4.90 Å². The summed E-state index contributed by atoms with van der Waals surface area (Å²) in [4.78, 5) is 49.5. The predicted octanol–water partition coefficient (Wildman–Crippen LogP) is 2.69. The molecule has 2 rings (SSSR count). The summed E-state index contributed by atoms with van der Waals surface area (Å²) in [6.07, 6.45) is -0.0958. The van der Waals surface area contributed by atoms with E-state index in [2.05, 4.69) is 0 Å². The third kappa shape index (κ3) is 6.39. The first-order chi connectivity index (χ1) is 13.9. The zero-order valence-corrected chi connectivity index (χ0v) is 18.8.